The van der Waals surface area contributed by atoms with Gasteiger partial charge in [0.05, 0.1) is 12.0 Å². The predicted molar refractivity (Wildman–Crippen MR) is 116 cm³/mol. The van der Waals surface area contributed by atoms with Crippen molar-refractivity contribution < 1.29 is 9.59 Å². The van der Waals surface area contributed by atoms with Gasteiger partial charge in [0.2, 0.25) is 5.91 Å². The lowest BCUT2D eigenvalue weighted by Gasteiger charge is -2.43. The van der Waals surface area contributed by atoms with Gasteiger partial charge in [-0.25, -0.2) is 0 Å². The number of carbonyl (C=O) groups is 2. The van der Waals surface area contributed by atoms with Gasteiger partial charge in [0, 0.05) is 41.6 Å². The first-order valence-corrected chi connectivity index (χ1v) is 11.9. The Balaban J connectivity index is 1.83. The van der Waals surface area contributed by atoms with Crippen LogP contribution >= 0.6 is 23.1 Å². The summed E-state index contributed by atoms with van der Waals surface area (Å²) in [5.74, 6) is 2.16. The van der Waals surface area contributed by atoms with Crippen LogP contribution < -0.4 is 0 Å². The Bertz CT molecular complexity index is 844. The second-order valence-electron chi connectivity index (χ2n) is 7.81. The van der Waals surface area contributed by atoms with Crippen LogP contribution in [0.25, 0.3) is 0 Å². The minimum atomic E-state index is -0.339. The number of rotatable bonds is 4. The van der Waals surface area contributed by atoms with Crippen LogP contribution in [0.2, 0.25) is 0 Å². The first-order chi connectivity index (χ1) is 13.6. The van der Waals surface area contributed by atoms with E-state index in [9.17, 15) is 9.59 Å². The third kappa shape index (κ3) is 3.60. The van der Waals surface area contributed by atoms with Crippen LogP contribution in [0.4, 0.5) is 0 Å². The molecule has 2 amide bonds. The number of thioether (sulfide) groups is 1. The predicted octanol–water partition coefficient (Wildman–Crippen LogP) is 4.26. The smallest absolute Gasteiger partial charge is 0.254 e. The summed E-state index contributed by atoms with van der Waals surface area (Å²) in [4.78, 5) is 32.2. The Morgan fingerprint density at radius 1 is 1.14 bits per heavy atom. The van der Waals surface area contributed by atoms with E-state index in [4.69, 9.17) is 0 Å². The van der Waals surface area contributed by atoms with E-state index in [1.807, 2.05) is 57.3 Å². The lowest BCUT2D eigenvalue weighted by atomic mass is 9.80. The SMILES string of the molecule is CC(C)CN1C(=O)c2ccccc2[C@H](C(=O)N2CCSCC2)[C@@H]1c1cccs1. The van der Waals surface area contributed by atoms with Crippen molar-refractivity contribution in [2.75, 3.05) is 31.1 Å². The Hall–Kier alpha value is -1.79. The van der Waals surface area contributed by atoms with Gasteiger partial charge >= 0.3 is 0 Å². The average Bonchev–Trinajstić information content (AvgIpc) is 3.24. The van der Waals surface area contributed by atoms with Gasteiger partial charge in [-0.2, -0.15) is 11.8 Å². The van der Waals surface area contributed by atoms with Gasteiger partial charge in [-0.05, 0) is 29.0 Å². The maximum atomic E-state index is 13.7. The maximum absolute atomic E-state index is 13.7. The zero-order chi connectivity index (χ0) is 19.7. The Morgan fingerprint density at radius 3 is 2.57 bits per heavy atom. The number of carbonyl (C=O) groups excluding carboxylic acids is 2. The Labute approximate surface area is 174 Å². The van der Waals surface area contributed by atoms with Crippen LogP contribution in [-0.2, 0) is 4.79 Å². The molecule has 2 aliphatic rings. The van der Waals surface area contributed by atoms with Gasteiger partial charge in [0.15, 0.2) is 0 Å². The molecule has 4 nitrogen and oxygen atoms in total. The highest BCUT2D eigenvalue weighted by Crippen LogP contribution is 2.45. The standard InChI is InChI=1S/C22H26N2O2S2/c1-15(2)14-24-20(18-8-5-11-28-18)19(22(26)23-9-12-27-13-10-23)16-6-3-4-7-17(16)21(24)25/h3-8,11,15,19-20H,9-10,12-14H2,1-2H3/t19-,20-/m0/s1. The van der Waals surface area contributed by atoms with E-state index in [1.54, 1.807) is 11.3 Å². The van der Waals surface area contributed by atoms with Crippen LogP contribution in [0.1, 0.15) is 46.6 Å². The number of amides is 2. The second kappa shape index (κ2) is 8.29. The number of nitrogens with zero attached hydrogens (tertiary/aromatic N) is 2. The molecule has 2 atom stereocenters. The van der Waals surface area contributed by atoms with E-state index in [1.165, 1.54) is 0 Å². The molecule has 0 N–H and O–H groups in total. The molecule has 1 aromatic carbocycles. The molecule has 0 radical (unpaired) electrons. The highest BCUT2D eigenvalue weighted by Gasteiger charge is 2.45. The molecule has 0 spiro atoms. The van der Waals surface area contributed by atoms with Crippen molar-refractivity contribution >= 4 is 34.9 Å². The quantitative estimate of drug-likeness (QED) is 0.751. The van der Waals surface area contributed by atoms with Gasteiger partial charge < -0.3 is 9.80 Å². The van der Waals surface area contributed by atoms with Crippen LogP contribution in [0.15, 0.2) is 41.8 Å². The minimum absolute atomic E-state index is 0.0425. The van der Waals surface area contributed by atoms with Crippen molar-refractivity contribution in [2.24, 2.45) is 5.92 Å². The van der Waals surface area contributed by atoms with Crippen molar-refractivity contribution in [3.05, 3.63) is 57.8 Å². The normalized spacial score (nSPS) is 22.5. The third-order valence-corrected chi connectivity index (χ3v) is 7.31. The van der Waals surface area contributed by atoms with Crippen molar-refractivity contribution in [1.29, 1.82) is 0 Å². The molecule has 3 heterocycles. The fourth-order valence-electron chi connectivity index (χ4n) is 4.21. The number of hydrogen-bond donors (Lipinski definition) is 0. The first kappa shape index (κ1) is 19.5. The molecule has 4 rings (SSSR count). The van der Waals surface area contributed by atoms with E-state index in [0.29, 0.717) is 18.0 Å². The molecule has 0 saturated carbocycles. The summed E-state index contributed by atoms with van der Waals surface area (Å²) in [7, 11) is 0. The van der Waals surface area contributed by atoms with Crippen LogP contribution in [0.5, 0.6) is 0 Å². The van der Waals surface area contributed by atoms with Gasteiger partial charge in [-0.1, -0.05) is 38.1 Å². The number of hydrogen-bond acceptors (Lipinski definition) is 4. The van der Waals surface area contributed by atoms with Gasteiger partial charge in [-0.3, -0.25) is 9.59 Å². The molecule has 1 fully saturated rings. The lowest BCUT2D eigenvalue weighted by molar-refractivity contribution is -0.134. The van der Waals surface area contributed by atoms with E-state index in [0.717, 1.165) is 35.0 Å². The fraction of sp³-hybridized carbons (Fsp3) is 0.455. The summed E-state index contributed by atoms with van der Waals surface area (Å²) in [6.07, 6.45) is 0. The van der Waals surface area contributed by atoms with Crippen molar-refractivity contribution in [1.82, 2.24) is 9.80 Å². The highest BCUT2D eigenvalue weighted by atomic mass is 32.2. The zero-order valence-electron chi connectivity index (χ0n) is 16.3. The molecule has 2 aromatic rings. The topological polar surface area (TPSA) is 40.6 Å². The largest absolute Gasteiger partial charge is 0.340 e. The Kier molecular flexibility index (Phi) is 5.78. The van der Waals surface area contributed by atoms with E-state index in [-0.39, 0.29) is 23.8 Å². The van der Waals surface area contributed by atoms with Crippen LogP contribution in [-0.4, -0.2) is 52.8 Å². The number of fused-ring (bicyclic) bond motifs is 1. The minimum Gasteiger partial charge on any atom is -0.340 e. The first-order valence-electron chi connectivity index (χ1n) is 9.87. The highest BCUT2D eigenvalue weighted by molar-refractivity contribution is 7.99. The lowest BCUT2D eigenvalue weighted by Crippen LogP contribution is -2.50. The molecule has 6 heteroatoms. The summed E-state index contributed by atoms with van der Waals surface area (Å²) >= 11 is 3.54. The summed E-state index contributed by atoms with van der Waals surface area (Å²) < 4.78 is 0. The molecule has 0 bridgehead atoms. The molecule has 0 aliphatic carbocycles. The van der Waals surface area contributed by atoms with Gasteiger partial charge in [0.1, 0.15) is 0 Å². The monoisotopic (exact) mass is 414 g/mol. The van der Waals surface area contributed by atoms with E-state index >= 15 is 0 Å². The molecule has 2 aliphatic heterocycles. The molecular weight excluding hydrogens is 388 g/mol. The average molecular weight is 415 g/mol. The third-order valence-electron chi connectivity index (χ3n) is 5.42. The molecule has 148 valence electrons. The van der Waals surface area contributed by atoms with E-state index in [2.05, 4.69) is 19.9 Å². The zero-order valence-corrected chi connectivity index (χ0v) is 18.0. The molecule has 1 saturated heterocycles. The van der Waals surface area contributed by atoms with Crippen molar-refractivity contribution in [3.63, 3.8) is 0 Å². The molecule has 0 unspecified atom stereocenters. The maximum Gasteiger partial charge on any atom is 0.254 e. The molecular formula is C22H26N2O2S2. The van der Waals surface area contributed by atoms with Crippen LogP contribution in [0.3, 0.4) is 0 Å². The van der Waals surface area contributed by atoms with Crippen molar-refractivity contribution in [2.45, 2.75) is 25.8 Å². The number of thiophene rings is 1. The van der Waals surface area contributed by atoms with Crippen molar-refractivity contribution in [3.8, 4) is 0 Å². The fourth-order valence-corrected chi connectivity index (χ4v) is 5.99. The molecule has 1 aromatic heterocycles. The summed E-state index contributed by atoms with van der Waals surface area (Å²) in [5.41, 5.74) is 1.56. The number of benzene rings is 1. The second-order valence-corrected chi connectivity index (χ2v) is 10.0. The van der Waals surface area contributed by atoms with Gasteiger partial charge in [-0.15, -0.1) is 11.3 Å². The Morgan fingerprint density at radius 2 is 1.89 bits per heavy atom. The van der Waals surface area contributed by atoms with Crippen LogP contribution in [0, 0.1) is 5.92 Å². The summed E-state index contributed by atoms with van der Waals surface area (Å²) in [5, 5.41) is 2.03. The molecule has 28 heavy (non-hydrogen) atoms. The van der Waals surface area contributed by atoms with E-state index < -0.39 is 0 Å². The van der Waals surface area contributed by atoms with Gasteiger partial charge in [0.25, 0.3) is 5.91 Å². The summed E-state index contributed by atoms with van der Waals surface area (Å²) in [6, 6.07) is 11.5. The summed E-state index contributed by atoms with van der Waals surface area (Å²) in [6.45, 7) is 6.47.